The molecule has 32 heavy (non-hydrogen) atoms. The number of benzene rings is 2. The van der Waals surface area contributed by atoms with Crippen molar-refractivity contribution in [3.8, 4) is 5.75 Å². The van der Waals surface area contributed by atoms with Crippen molar-refractivity contribution in [2.75, 3.05) is 19.7 Å². The summed E-state index contributed by atoms with van der Waals surface area (Å²) < 4.78 is 10.7. The first-order chi connectivity index (χ1) is 15.5. The van der Waals surface area contributed by atoms with Crippen molar-refractivity contribution in [2.45, 2.75) is 45.6 Å². The number of carbonyl (C=O) groups is 3. The summed E-state index contributed by atoms with van der Waals surface area (Å²) in [4.78, 5) is 38.2. The monoisotopic (exact) mass is 437 g/mol. The van der Waals surface area contributed by atoms with Gasteiger partial charge in [-0.25, -0.2) is 4.79 Å². The van der Waals surface area contributed by atoms with Gasteiger partial charge in [-0.15, -0.1) is 0 Å². The minimum absolute atomic E-state index is 0.0485. The molecule has 6 heteroatoms. The molecule has 1 saturated heterocycles. The predicted octanol–water partition coefficient (Wildman–Crippen LogP) is 4.07. The fraction of sp³-hybridized carbons (Fsp3) is 0.423. The Hall–Kier alpha value is -3.15. The molecule has 0 bridgehead atoms. The molecule has 1 heterocycles. The molecule has 0 spiro atoms. The average molecular weight is 438 g/mol. The van der Waals surface area contributed by atoms with Gasteiger partial charge in [-0.3, -0.25) is 9.59 Å². The van der Waals surface area contributed by atoms with Crippen molar-refractivity contribution < 1.29 is 23.9 Å². The number of nitrogens with zero attached hydrogens (tertiary/aromatic N) is 1. The molecule has 1 aliphatic heterocycles. The number of ketones is 1. The molecule has 1 unspecified atom stereocenters. The van der Waals surface area contributed by atoms with Crippen molar-refractivity contribution in [1.82, 2.24) is 4.90 Å². The van der Waals surface area contributed by atoms with Crippen LogP contribution in [0.1, 0.15) is 49.0 Å². The first-order valence-corrected chi connectivity index (χ1v) is 11.2. The van der Waals surface area contributed by atoms with Gasteiger partial charge in [0.1, 0.15) is 5.75 Å². The zero-order valence-electron chi connectivity index (χ0n) is 18.8. The van der Waals surface area contributed by atoms with Gasteiger partial charge in [0.25, 0.3) is 5.91 Å². The first kappa shape index (κ1) is 23.5. The minimum Gasteiger partial charge on any atom is -0.482 e. The van der Waals surface area contributed by atoms with Crippen molar-refractivity contribution >= 4 is 17.7 Å². The van der Waals surface area contributed by atoms with E-state index in [0.717, 1.165) is 19.3 Å². The summed E-state index contributed by atoms with van der Waals surface area (Å²) in [5, 5.41) is 0. The zero-order valence-corrected chi connectivity index (χ0v) is 18.8. The number of rotatable bonds is 9. The van der Waals surface area contributed by atoms with Crippen LogP contribution in [0.5, 0.6) is 5.75 Å². The van der Waals surface area contributed by atoms with E-state index in [4.69, 9.17) is 9.47 Å². The fourth-order valence-corrected chi connectivity index (χ4v) is 3.93. The molecular weight excluding hydrogens is 406 g/mol. The van der Waals surface area contributed by atoms with Crippen LogP contribution < -0.4 is 4.74 Å². The third-order valence-corrected chi connectivity index (χ3v) is 5.80. The van der Waals surface area contributed by atoms with Gasteiger partial charge in [0, 0.05) is 25.1 Å². The third kappa shape index (κ3) is 6.67. The molecule has 2 aromatic carbocycles. The fourth-order valence-electron chi connectivity index (χ4n) is 3.93. The van der Waals surface area contributed by atoms with Gasteiger partial charge in [-0.2, -0.15) is 0 Å². The SMILES string of the molecule is CCC(=O)c1ccc(OCC(=O)OC(C)C(=O)N2CCC(Cc3ccccc3)CC2)cc1. The summed E-state index contributed by atoms with van der Waals surface area (Å²) in [7, 11) is 0. The molecular formula is C26H31NO5. The molecule has 1 fully saturated rings. The minimum atomic E-state index is -0.846. The Morgan fingerprint density at radius 3 is 2.28 bits per heavy atom. The summed E-state index contributed by atoms with van der Waals surface area (Å²) in [5.41, 5.74) is 1.93. The highest BCUT2D eigenvalue weighted by molar-refractivity contribution is 5.95. The van der Waals surface area contributed by atoms with Crippen molar-refractivity contribution in [3.63, 3.8) is 0 Å². The molecule has 0 aromatic heterocycles. The second-order valence-corrected chi connectivity index (χ2v) is 8.18. The van der Waals surface area contributed by atoms with Gasteiger partial charge in [-0.05, 0) is 61.9 Å². The summed E-state index contributed by atoms with van der Waals surface area (Å²) in [6.45, 7) is 4.46. The lowest BCUT2D eigenvalue weighted by Gasteiger charge is -2.33. The Morgan fingerprint density at radius 1 is 1.00 bits per heavy atom. The number of hydrogen-bond donors (Lipinski definition) is 0. The normalized spacial score (nSPS) is 15.1. The molecule has 1 atom stereocenters. The van der Waals surface area contributed by atoms with Crippen LogP contribution in [0.3, 0.4) is 0 Å². The largest absolute Gasteiger partial charge is 0.482 e. The van der Waals surface area contributed by atoms with E-state index < -0.39 is 12.1 Å². The third-order valence-electron chi connectivity index (χ3n) is 5.80. The van der Waals surface area contributed by atoms with Gasteiger partial charge in [0.2, 0.25) is 0 Å². The van der Waals surface area contributed by atoms with Crippen LogP contribution in [0, 0.1) is 5.92 Å². The Bertz CT molecular complexity index is 902. The van der Waals surface area contributed by atoms with E-state index in [0.29, 0.717) is 36.7 Å². The molecule has 170 valence electrons. The second-order valence-electron chi connectivity index (χ2n) is 8.18. The number of hydrogen-bond acceptors (Lipinski definition) is 5. The highest BCUT2D eigenvalue weighted by Gasteiger charge is 2.28. The number of piperidine rings is 1. The average Bonchev–Trinajstić information content (AvgIpc) is 2.83. The maximum atomic E-state index is 12.7. The maximum Gasteiger partial charge on any atom is 0.344 e. The van der Waals surface area contributed by atoms with E-state index in [1.165, 1.54) is 5.56 Å². The second kappa shape index (κ2) is 11.5. The van der Waals surface area contributed by atoms with Gasteiger partial charge >= 0.3 is 5.97 Å². The standard InChI is InChI=1S/C26H31NO5/c1-3-24(28)22-9-11-23(12-10-22)31-18-25(29)32-19(2)26(30)27-15-13-21(14-16-27)17-20-7-5-4-6-8-20/h4-12,19,21H,3,13-18H2,1-2H3. The molecule has 0 N–H and O–H groups in total. The topological polar surface area (TPSA) is 72.9 Å². The molecule has 0 radical (unpaired) electrons. The van der Waals surface area contributed by atoms with Crippen LogP contribution in [0.15, 0.2) is 54.6 Å². The lowest BCUT2D eigenvalue weighted by molar-refractivity contribution is -0.161. The molecule has 1 aliphatic rings. The van der Waals surface area contributed by atoms with Crippen molar-refractivity contribution in [3.05, 3.63) is 65.7 Å². The smallest absolute Gasteiger partial charge is 0.344 e. The van der Waals surface area contributed by atoms with E-state index in [1.54, 1.807) is 43.0 Å². The van der Waals surface area contributed by atoms with Crippen LogP contribution in [0.4, 0.5) is 0 Å². The Kier molecular flexibility index (Phi) is 8.42. The van der Waals surface area contributed by atoms with Crippen LogP contribution in [-0.2, 0) is 20.7 Å². The van der Waals surface area contributed by atoms with E-state index in [-0.39, 0.29) is 18.3 Å². The molecule has 2 aromatic rings. The number of Topliss-reactive ketones (excluding diaryl/α,β-unsaturated/α-hetero) is 1. The van der Waals surface area contributed by atoms with E-state index in [1.807, 2.05) is 6.07 Å². The highest BCUT2D eigenvalue weighted by Crippen LogP contribution is 2.22. The molecule has 1 amide bonds. The summed E-state index contributed by atoms with van der Waals surface area (Å²) in [5.74, 6) is 0.311. The molecule has 0 aliphatic carbocycles. The summed E-state index contributed by atoms with van der Waals surface area (Å²) in [6.07, 6.45) is 2.50. The van der Waals surface area contributed by atoms with Crippen molar-refractivity contribution in [1.29, 1.82) is 0 Å². The van der Waals surface area contributed by atoms with Crippen LogP contribution >= 0.6 is 0 Å². The van der Waals surface area contributed by atoms with Gasteiger partial charge in [0.15, 0.2) is 18.5 Å². The van der Waals surface area contributed by atoms with Gasteiger partial charge < -0.3 is 14.4 Å². The van der Waals surface area contributed by atoms with E-state index in [2.05, 4.69) is 24.3 Å². The van der Waals surface area contributed by atoms with Crippen LogP contribution in [-0.4, -0.2) is 48.4 Å². The molecule has 3 rings (SSSR count). The van der Waals surface area contributed by atoms with Gasteiger partial charge in [0.05, 0.1) is 0 Å². The quantitative estimate of drug-likeness (QED) is 0.437. The number of carbonyl (C=O) groups excluding carboxylic acids is 3. The number of amides is 1. The molecule has 0 saturated carbocycles. The lowest BCUT2D eigenvalue weighted by Crippen LogP contribution is -2.44. The Balaban J connectivity index is 1.39. The van der Waals surface area contributed by atoms with Crippen molar-refractivity contribution in [2.24, 2.45) is 5.92 Å². The maximum absolute atomic E-state index is 12.7. The number of ether oxygens (including phenoxy) is 2. The highest BCUT2D eigenvalue weighted by atomic mass is 16.6. The Labute approximate surface area is 189 Å². The summed E-state index contributed by atoms with van der Waals surface area (Å²) in [6, 6.07) is 17.0. The van der Waals surface area contributed by atoms with Crippen LogP contribution in [0.2, 0.25) is 0 Å². The first-order valence-electron chi connectivity index (χ1n) is 11.2. The van der Waals surface area contributed by atoms with E-state index in [9.17, 15) is 14.4 Å². The number of esters is 1. The van der Waals surface area contributed by atoms with Gasteiger partial charge in [-0.1, -0.05) is 37.3 Å². The summed E-state index contributed by atoms with van der Waals surface area (Å²) >= 11 is 0. The van der Waals surface area contributed by atoms with E-state index >= 15 is 0 Å². The Morgan fingerprint density at radius 2 is 1.66 bits per heavy atom. The lowest BCUT2D eigenvalue weighted by atomic mass is 9.90. The zero-order chi connectivity index (χ0) is 22.9. The van der Waals surface area contributed by atoms with Crippen LogP contribution in [0.25, 0.3) is 0 Å². The molecule has 6 nitrogen and oxygen atoms in total. The number of likely N-dealkylation sites (tertiary alicyclic amines) is 1. The predicted molar refractivity (Wildman–Crippen MR) is 122 cm³/mol.